The summed E-state index contributed by atoms with van der Waals surface area (Å²) in [5.41, 5.74) is -0.472. The minimum atomic E-state index is -1.72. The Morgan fingerprint density at radius 3 is 2.29 bits per heavy atom. The van der Waals surface area contributed by atoms with E-state index in [1.54, 1.807) is 0 Å². The summed E-state index contributed by atoms with van der Waals surface area (Å²) >= 11 is 0. The van der Waals surface area contributed by atoms with E-state index in [-0.39, 0.29) is 16.7 Å². The summed E-state index contributed by atoms with van der Waals surface area (Å²) in [6.07, 6.45) is -13.4. The second-order valence-corrected chi connectivity index (χ2v) is 8.25. The SMILES string of the molecule is C[C@@H]1O[C@@H](OC[C@@H]2O[C@H](Oc3cc(O)c4c(=O)ccoc4c3)[C@@H](O)[C@H](O)[C@H]2O)[C@H](O)[C@H](O)[C@H]1O. The maximum atomic E-state index is 11.9. The van der Waals surface area contributed by atoms with Crippen molar-refractivity contribution in [2.75, 3.05) is 6.61 Å². The van der Waals surface area contributed by atoms with Crippen LogP contribution < -0.4 is 10.2 Å². The maximum absolute atomic E-state index is 11.9. The zero-order valence-corrected chi connectivity index (χ0v) is 17.9. The number of aromatic hydroxyl groups is 1. The highest BCUT2D eigenvalue weighted by Gasteiger charge is 2.47. The molecule has 2 aliphatic heterocycles. The van der Waals surface area contributed by atoms with E-state index in [1.165, 1.54) is 13.0 Å². The van der Waals surface area contributed by atoms with Gasteiger partial charge in [-0.1, -0.05) is 0 Å². The molecule has 2 fully saturated rings. The molecule has 1 aromatic heterocycles. The molecule has 2 aromatic rings. The molecule has 0 unspecified atom stereocenters. The standard InChI is InChI=1S/C21H26O13/c1-7-14(24)16(26)18(28)20(32-7)31-6-12-15(25)17(27)19(29)21(34-12)33-8-4-10(23)13-9(22)2-3-30-11(13)5-8/h2-5,7,12,14-21,23-29H,6H2,1H3/t7-,12-,14-,15-,16+,17+,18+,19-,20+,21-/m0/s1. The van der Waals surface area contributed by atoms with Gasteiger partial charge in [-0.2, -0.15) is 0 Å². The first kappa shape index (κ1) is 24.8. The average molecular weight is 486 g/mol. The van der Waals surface area contributed by atoms with E-state index in [2.05, 4.69) is 0 Å². The first-order valence-electron chi connectivity index (χ1n) is 10.5. The number of hydrogen-bond donors (Lipinski definition) is 7. The zero-order chi connectivity index (χ0) is 24.7. The Labute approximate surface area is 191 Å². The van der Waals surface area contributed by atoms with Gasteiger partial charge in [-0.05, 0) is 6.92 Å². The van der Waals surface area contributed by atoms with Crippen molar-refractivity contribution in [3.8, 4) is 11.5 Å². The Morgan fingerprint density at radius 2 is 1.56 bits per heavy atom. The van der Waals surface area contributed by atoms with Gasteiger partial charge in [-0.15, -0.1) is 0 Å². The lowest BCUT2D eigenvalue weighted by Crippen LogP contribution is -2.61. The fourth-order valence-corrected chi connectivity index (χ4v) is 3.86. The lowest BCUT2D eigenvalue weighted by atomic mass is 9.98. The van der Waals surface area contributed by atoms with Crippen LogP contribution in [0.15, 0.2) is 33.7 Å². The van der Waals surface area contributed by atoms with Gasteiger partial charge >= 0.3 is 0 Å². The van der Waals surface area contributed by atoms with Crippen LogP contribution in [-0.2, 0) is 14.2 Å². The van der Waals surface area contributed by atoms with Gasteiger partial charge in [0.25, 0.3) is 0 Å². The molecular weight excluding hydrogens is 460 g/mol. The van der Waals surface area contributed by atoms with Gasteiger partial charge < -0.3 is 59.1 Å². The van der Waals surface area contributed by atoms with Crippen LogP contribution in [0.25, 0.3) is 11.0 Å². The Kier molecular flexibility index (Phi) is 7.09. The monoisotopic (exact) mass is 486 g/mol. The molecular formula is C21H26O13. The summed E-state index contributed by atoms with van der Waals surface area (Å²) in [5, 5.41) is 70.7. The first-order valence-corrected chi connectivity index (χ1v) is 10.5. The summed E-state index contributed by atoms with van der Waals surface area (Å²) in [6, 6.07) is 3.50. The van der Waals surface area contributed by atoms with Crippen molar-refractivity contribution in [3.05, 3.63) is 34.7 Å². The van der Waals surface area contributed by atoms with Crippen molar-refractivity contribution >= 4 is 11.0 Å². The normalized spacial score (nSPS) is 38.7. The second kappa shape index (κ2) is 9.73. The number of rotatable bonds is 5. The summed E-state index contributed by atoms with van der Waals surface area (Å²) in [7, 11) is 0. The number of ether oxygens (including phenoxy) is 4. The highest BCUT2D eigenvalue weighted by atomic mass is 16.7. The van der Waals surface area contributed by atoms with Gasteiger partial charge in [0, 0.05) is 18.2 Å². The number of fused-ring (bicyclic) bond motifs is 1. The molecule has 0 saturated carbocycles. The molecule has 0 aliphatic carbocycles. The topological polar surface area (TPSA) is 209 Å². The zero-order valence-electron chi connectivity index (χ0n) is 17.9. The highest BCUT2D eigenvalue weighted by molar-refractivity contribution is 5.84. The van der Waals surface area contributed by atoms with E-state index in [0.717, 1.165) is 18.4 Å². The maximum Gasteiger partial charge on any atom is 0.229 e. The van der Waals surface area contributed by atoms with Crippen molar-refractivity contribution in [1.29, 1.82) is 0 Å². The van der Waals surface area contributed by atoms with Crippen LogP contribution in [0.3, 0.4) is 0 Å². The van der Waals surface area contributed by atoms with Crippen LogP contribution in [0, 0.1) is 0 Å². The first-order chi connectivity index (χ1) is 16.1. The van der Waals surface area contributed by atoms with Crippen molar-refractivity contribution in [3.63, 3.8) is 0 Å². The molecule has 13 heteroatoms. The van der Waals surface area contributed by atoms with Gasteiger partial charge in [-0.25, -0.2) is 0 Å². The number of phenols is 1. The molecule has 4 rings (SSSR count). The molecule has 10 atom stereocenters. The number of phenolic OH excluding ortho intramolecular Hbond substituents is 1. The van der Waals surface area contributed by atoms with Crippen LogP contribution in [-0.4, -0.2) is 104 Å². The van der Waals surface area contributed by atoms with Crippen molar-refractivity contribution in [2.45, 2.75) is 68.3 Å². The lowest BCUT2D eigenvalue weighted by molar-refractivity contribution is -0.318. The highest BCUT2D eigenvalue weighted by Crippen LogP contribution is 2.31. The van der Waals surface area contributed by atoms with E-state index in [1.807, 2.05) is 0 Å². The molecule has 0 radical (unpaired) electrons. The van der Waals surface area contributed by atoms with E-state index < -0.39 is 79.2 Å². The second-order valence-electron chi connectivity index (χ2n) is 8.25. The van der Waals surface area contributed by atoms with Gasteiger partial charge in [0.05, 0.1) is 19.0 Å². The third-order valence-corrected chi connectivity index (χ3v) is 5.87. The predicted molar refractivity (Wildman–Crippen MR) is 110 cm³/mol. The van der Waals surface area contributed by atoms with E-state index in [9.17, 15) is 40.5 Å². The summed E-state index contributed by atoms with van der Waals surface area (Å²) < 4.78 is 27.0. The largest absolute Gasteiger partial charge is 0.507 e. The smallest absolute Gasteiger partial charge is 0.229 e. The van der Waals surface area contributed by atoms with E-state index in [0.29, 0.717) is 0 Å². The number of aliphatic hydroxyl groups is 6. The number of benzene rings is 1. The van der Waals surface area contributed by atoms with Crippen LogP contribution in [0.5, 0.6) is 11.5 Å². The van der Waals surface area contributed by atoms with Crippen LogP contribution in [0.1, 0.15) is 6.92 Å². The molecule has 13 nitrogen and oxygen atoms in total. The number of aliphatic hydroxyl groups excluding tert-OH is 6. The van der Waals surface area contributed by atoms with Crippen LogP contribution in [0.4, 0.5) is 0 Å². The molecule has 0 spiro atoms. The molecule has 0 bridgehead atoms. The van der Waals surface area contributed by atoms with Gasteiger partial charge in [0.15, 0.2) is 11.7 Å². The molecule has 0 amide bonds. The Morgan fingerprint density at radius 1 is 0.882 bits per heavy atom. The third-order valence-electron chi connectivity index (χ3n) is 5.87. The Hall–Kier alpha value is -2.33. The minimum Gasteiger partial charge on any atom is -0.507 e. The molecule has 188 valence electrons. The van der Waals surface area contributed by atoms with Crippen molar-refractivity contribution in [1.82, 2.24) is 0 Å². The molecule has 7 N–H and O–H groups in total. The number of hydrogen-bond acceptors (Lipinski definition) is 13. The van der Waals surface area contributed by atoms with Crippen molar-refractivity contribution in [2.24, 2.45) is 0 Å². The molecule has 2 saturated heterocycles. The minimum absolute atomic E-state index is 0.00608. The average Bonchev–Trinajstić information content (AvgIpc) is 2.80. The van der Waals surface area contributed by atoms with E-state index >= 15 is 0 Å². The van der Waals surface area contributed by atoms with E-state index in [4.69, 9.17) is 23.4 Å². The Balaban J connectivity index is 1.47. The van der Waals surface area contributed by atoms with Gasteiger partial charge in [-0.3, -0.25) is 4.79 Å². The van der Waals surface area contributed by atoms with Crippen LogP contribution in [0.2, 0.25) is 0 Å². The molecule has 1 aromatic carbocycles. The van der Waals surface area contributed by atoms with Crippen LogP contribution >= 0.6 is 0 Å². The molecule has 3 heterocycles. The van der Waals surface area contributed by atoms with Gasteiger partial charge in [0.2, 0.25) is 6.29 Å². The summed E-state index contributed by atoms with van der Waals surface area (Å²) in [6.45, 7) is 1.01. The fraction of sp³-hybridized carbons (Fsp3) is 0.571. The molecule has 34 heavy (non-hydrogen) atoms. The summed E-state index contributed by atoms with van der Waals surface area (Å²) in [4.78, 5) is 11.9. The quantitative estimate of drug-likeness (QED) is 0.234. The van der Waals surface area contributed by atoms with Crippen molar-refractivity contribution < 1.29 is 59.1 Å². The fourth-order valence-electron chi connectivity index (χ4n) is 3.86. The summed E-state index contributed by atoms with van der Waals surface area (Å²) in [5.74, 6) is -0.505. The van der Waals surface area contributed by atoms with Gasteiger partial charge in [0.1, 0.15) is 65.2 Å². The third kappa shape index (κ3) is 4.62. The lowest BCUT2D eigenvalue weighted by Gasteiger charge is -2.42. The predicted octanol–water partition coefficient (Wildman–Crippen LogP) is -2.47. The Bertz CT molecular complexity index is 1060. The molecule has 2 aliphatic rings.